The third-order valence-electron chi connectivity index (χ3n) is 9.07. The van der Waals surface area contributed by atoms with Crippen molar-refractivity contribution in [3.63, 3.8) is 0 Å². The highest BCUT2D eigenvalue weighted by molar-refractivity contribution is 5.64. The van der Waals surface area contributed by atoms with Gasteiger partial charge in [-0.05, 0) is 62.6 Å². The number of piperidine rings is 1. The Morgan fingerprint density at radius 2 is 2.07 bits per heavy atom. The van der Waals surface area contributed by atoms with Crippen molar-refractivity contribution in [3.05, 3.63) is 23.3 Å². The molecule has 8 rings (SSSR count). The molecule has 1 aromatic carbocycles. The molecule has 4 bridgehead atoms. The SMILES string of the molecule is COc1ccc2c3c1O[C@H]1[C@@]4(OC)CC[C@@]5(OC4)[C@@H](C2)N(CC2CC2)CC[C@]315. The van der Waals surface area contributed by atoms with Crippen LogP contribution >= 0.6 is 0 Å². The minimum absolute atomic E-state index is 0.0309. The van der Waals surface area contributed by atoms with E-state index in [-0.39, 0.29) is 22.7 Å². The molecule has 2 spiro atoms. The second-order valence-corrected chi connectivity index (χ2v) is 9.96. The van der Waals surface area contributed by atoms with E-state index in [2.05, 4.69) is 17.0 Å². The molecule has 0 N–H and O–H groups in total. The number of methoxy groups -OCH3 is 2. The average Bonchev–Trinajstić information content (AvgIpc) is 3.47. The van der Waals surface area contributed by atoms with Crippen molar-refractivity contribution in [2.45, 2.75) is 67.3 Å². The van der Waals surface area contributed by atoms with Gasteiger partial charge in [-0.15, -0.1) is 0 Å². The molecule has 0 amide bonds. The van der Waals surface area contributed by atoms with E-state index in [0.29, 0.717) is 12.6 Å². The predicted octanol–water partition coefficient (Wildman–Crippen LogP) is 2.68. The van der Waals surface area contributed by atoms with Crippen LogP contribution in [0.5, 0.6) is 11.5 Å². The topological polar surface area (TPSA) is 40.2 Å². The smallest absolute Gasteiger partial charge is 0.166 e. The molecule has 0 aromatic heterocycles. The van der Waals surface area contributed by atoms with Gasteiger partial charge in [-0.2, -0.15) is 0 Å². The number of fused-ring (bicyclic) bond motifs is 2. The van der Waals surface area contributed by atoms with Crippen LogP contribution in [0, 0.1) is 5.92 Å². The molecule has 5 heteroatoms. The third-order valence-corrected chi connectivity index (χ3v) is 9.07. The number of benzene rings is 1. The summed E-state index contributed by atoms with van der Waals surface area (Å²) in [7, 11) is 3.59. The van der Waals surface area contributed by atoms with Crippen LogP contribution in [0.25, 0.3) is 0 Å². The van der Waals surface area contributed by atoms with Gasteiger partial charge in [0.25, 0.3) is 0 Å². The second kappa shape index (κ2) is 5.05. The first-order valence-corrected chi connectivity index (χ1v) is 11.0. The molecule has 3 saturated heterocycles. The molecule has 4 heterocycles. The molecule has 4 aliphatic heterocycles. The van der Waals surface area contributed by atoms with Gasteiger partial charge in [-0.1, -0.05) is 6.07 Å². The molecule has 0 radical (unpaired) electrons. The first kappa shape index (κ1) is 16.5. The van der Waals surface area contributed by atoms with E-state index in [4.69, 9.17) is 18.9 Å². The van der Waals surface area contributed by atoms with E-state index in [9.17, 15) is 0 Å². The van der Waals surface area contributed by atoms with E-state index in [0.717, 1.165) is 49.6 Å². The number of nitrogens with zero attached hydrogens (tertiary/aromatic N) is 1. The van der Waals surface area contributed by atoms with Crippen LogP contribution in [0.3, 0.4) is 0 Å². The summed E-state index contributed by atoms with van der Waals surface area (Å²) in [5.41, 5.74) is 2.25. The van der Waals surface area contributed by atoms with Crippen LogP contribution in [0.1, 0.15) is 43.2 Å². The lowest BCUT2D eigenvalue weighted by atomic mass is 9.45. The van der Waals surface area contributed by atoms with Crippen molar-refractivity contribution < 1.29 is 18.9 Å². The Bertz CT molecular complexity index is 856. The van der Waals surface area contributed by atoms with Gasteiger partial charge >= 0.3 is 0 Å². The van der Waals surface area contributed by atoms with Gasteiger partial charge in [0, 0.05) is 25.3 Å². The highest BCUT2D eigenvalue weighted by Gasteiger charge is 2.80. The lowest BCUT2D eigenvalue weighted by Crippen LogP contribution is -2.84. The lowest BCUT2D eigenvalue weighted by Gasteiger charge is -2.71. The Balaban J connectivity index is 1.47. The molecule has 2 saturated carbocycles. The summed E-state index contributed by atoms with van der Waals surface area (Å²) in [6, 6.07) is 4.84. The van der Waals surface area contributed by atoms with Gasteiger partial charge in [0.1, 0.15) is 11.7 Å². The monoisotopic (exact) mass is 383 g/mol. The summed E-state index contributed by atoms with van der Waals surface area (Å²) in [5.74, 6) is 2.73. The van der Waals surface area contributed by atoms with Crippen LogP contribution in [-0.2, 0) is 21.3 Å². The first-order chi connectivity index (χ1) is 13.7. The van der Waals surface area contributed by atoms with Crippen molar-refractivity contribution in [2.24, 2.45) is 5.92 Å². The molecule has 5 fully saturated rings. The van der Waals surface area contributed by atoms with Crippen molar-refractivity contribution in [2.75, 3.05) is 33.9 Å². The minimum atomic E-state index is -0.344. The first-order valence-electron chi connectivity index (χ1n) is 11.0. The highest BCUT2D eigenvalue weighted by atomic mass is 16.6. The van der Waals surface area contributed by atoms with Gasteiger partial charge in [0.05, 0.1) is 24.7 Å². The summed E-state index contributed by atoms with van der Waals surface area (Å²) in [5, 5.41) is 0. The normalized spacial score (nSPS) is 44.9. The van der Waals surface area contributed by atoms with Gasteiger partial charge in [0.2, 0.25) is 0 Å². The fraction of sp³-hybridized carbons (Fsp3) is 0.739. The Hall–Kier alpha value is -1.30. The Morgan fingerprint density at radius 1 is 1.18 bits per heavy atom. The van der Waals surface area contributed by atoms with Gasteiger partial charge in [0.15, 0.2) is 11.5 Å². The summed E-state index contributed by atoms with van der Waals surface area (Å²) in [6.07, 6.45) is 7.09. The molecule has 5 atom stereocenters. The van der Waals surface area contributed by atoms with Gasteiger partial charge in [-0.25, -0.2) is 0 Å². The van der Waals surface area contributed by atoms with Crippen molar-refractivity contribution >= 4 is 0 Å². The van der Waals surface area contributed by atoms with Crippen LogP contribution in [-0.4, -0.2) is 62.2 Å². The lowest BCUT2D eigenvalue weighted by molar-refractivity contribution is -0.328. The van der Waals surface area contributed by atoms with Gasteiger partial charge < -0.3 is 18.9 Å². The zero-order valence-electron chi connectivity index (χ0n) is 16.8. The van der Waals surface area contributed by atoms with E-state index >= 15 is 0 Å². The predicted molar refractivity (Wildman–Crippen MR) is 103 cm³/mol. The number of hydrogen-bond donors (Lipinski definition) is 0. The van der Waals surface area contributed by atoms with Crippen molar-refractivity contribution in [1.82, 2.24) is 4.90 Å². The summed E-state index contributed by atoms with van der Waals surface area (Å²) in [6.45, 7) is 3.03. The molecule has 150 valence electrons. The molecule has 3 aliphatic carbocycles. The third kappa shape index (κ3) is 1.61. The number of ether oxygens (including phenoxy) is 4. The quantitative estimate of drug-likeness (QED) is 0.800. The number of rotatable bonds is 4. The van der Waals surface area contributed by atoms with E-state index in [1.165, 1.54) is 30.5 Å². The zero-order valence-corrected chi connectivity index (χ0v) is 16.8. The van der Waals surface area contributed by atoms with Crippen LogP contribution in [0.4, 0.5) is 0 Å². The molecule has 7 aliphatic rings. The molecule has 1 aromatic rings. The van der Waals surface area contributed by atoms with Crippen LogP contribution in [0.2, 0.25) is 0 Å². The number of hydrogen-bond acceptors (Lipinski definition) is 5. The van der Waals surface area contributed by atoms with Crippen LogP contribution < -0.4 is 9.47 Å². The highest BCUT2D eigenvalue weighted by Crippen LogP contribution is 2.71. The maximum Gasteiger partial charge on any atom is 0.166 e. The van der Waals surface area contributed by atoms with Crippen molar-refractivity contribution in [1.29, 1.82) is 0 Å². The second-order valence-electron chi connectivity index (χ2n) is 9.96. The van der Waals surface area contributed by atoms with Crippen molar-refractivity contribution in [3.8, 4) is 11.5 Å². The molecule has 5 nitrogen and oxygen atoms in total. The standard InChI is InChI=1S/C23H29NO4/c1-25-16-6-5-15-11-17-23-8-7-21(26-2,13-27-23)20-22(23,18(15)19(16)28-20)9-10-24(17)12-14-3-4-14/h5-6,14,17,20H,3-4,7-13H2,1-2H3/t17-,20+,21-,22+,23-/m1/s1. The molecular formula is C23H29NO4. The molecule has 28 heavy (non-hydrogen) atoms. The minimum Gasteiger partial charge on any atom is -0.493 e. The van der Waals surface area contributed by atoms with Crippen LogP contribution in [0.15, 0.2) is 12.1 Å². The zero-order chi connectivity index (χ0) is 18.7. The summed E-state index contributed by atoms with van der Waals surface area (Å²) >= 11 is 0. The Kier molecular flexibility index (Phi) is 2.98. The Morgan fingerprint density at radius 3 is 2.79 bits per heavy atom. The number of likely N-dealkylation sites (tertiary alicyclic amines) is 1. The Labute approximate surface area is 166 Å². The maximum absolute atomic E-state index is 6.90. The summed E-state index contributed by atoms with van der Waals surface area (Å²) < 4.78 is 25.6. The molecule has 0 unspecified atom stereocenters. The van der Waals surface area contributed by atoms with E-state index in [1.54, 1.807) is 7.11 Å². The summed E-state index contributed by atoms with van der Waals surface area (Å²) in [4.78, 5) is 2.77. The molecular weight excluding hydrogens is 354 g/mol. The fourth-order valence-electron chi connectivity index (χ4n) is 7.65. The maximum atomic E-state index is 6.90. The van der Waals surface area contributed by atoms with Gasteiger partial charge in [-0.3, -0.25) is 4.90 Å². The largest absolute Gasteiger partial charge is 0.493 e. The average molecular weight is 383 g/mol. The van der Waals surface area contributed by atoms with E-state index in [1.807, 2.05) is 7.11 Å². The van der Waals surface area contributed by atoms with E-state index < -0.39 is 0 Å². The fourth-order valence-corrected chi connectivity index (χ4v) is 7.65.